The lowest BCUT2D eigenvalue weighted by Gasteiger charge is -2.20. The lowest BCUT2D eigenvalue weighted by molar-refractivity contribution is -0.384. The van der Waals surface area contributed by atoms with Gasteiger partial charge in [-0.2, -0.15) is 11.8 Å². The minimum absolute atomic E-state index is 0.142. The molecule has 4 nitrogen and oxygen atoms in total. The summed E-state index contributed by atoms with van der Waals surface area (Å²) < 4.78 is 0. The molecule has 2 atom stereocenters. The number of thioether (sulfide) groups is 1. The van der Waals surface area contributed by atoms with Gasteiger partial charge in [-0.05, 0) is 31.2 Å². The Morgan fingerprint density at radius 1 is 1.35 bits per heavy atom. The summed E-state index contributed by atoms with van der Waals surface area (Å²) in [5.41, 5.74) is 1.12. The highest BCUT2D eigenvalue weighted by Gasteiger charge is 2.26. The van der Waals surface area contributed by atoms with Crippen molar-refractivity contribution in [3.63, 3.8) is 0 Å². The number of hydrogen-bond acceptors (Lipinski definition) is 4. The van der Waals surface area contributed by atoms with E-state index in [4.69, 9.17) is 0 Å². The number of benzene rings is 1. The highest BCUT2D eigenvalue weighted by atomic mass is 32.2. The van der Waals surface area contributed by atoms with Gasteiger partial charge in [0.1, 0.15) is 0 Å². The standard InChI is InChI=1S/C12H16N2O2S/c1-17-12-4-2-3-11(12)13-9-5-7-10(8-6-9)14(15)16/h5-8,11-13H,2-4H2,1H3. The third-order valence-corrected chi connectivity index (χ3v) is 4.36. The van der Waals surface area contributed by atoms with E-state index in [-0.39, 0.29) is 10.6 Å². The van der Waals surface area contributed by atoms with Gasteiger partial charge in [-0.3, -0.25) is 10.1 Å². The molecule has 1 fully saturated rings. The van der Waals surface area contributed by atoms with Crippen LogP contribution in [0.25, 0.3) is 0 Å². The van der Waals surface area contributed by atoms with Crippen LogP contribution < -0.4 is 5.32 Å². The molecule has 1 aromatic rings. The largest absolute Gasteiger partial charge is 0.381 e. The average Bonchev–Trinajstić information content (AvgIpc) is 2.77. The smallest absolute Gasteiger partial charge is 0.269 e. The molecule has 2 unspecified atom stereocenters. The molecule has 1 saturated carbocycles. The minimum atomic E-state index is -0.371. The number of nitrogens with zero attached hydrogens (tertiary/aromatic N) is 1. The molecule has 0 saturated heterocycles. The molecule has 2 rings (SSSR count). The zero-order valence-electron chi connectivity index (χ0n) is 9.76. The summed E-state index contributed by atoms with van der Waals surface area (Å²) in [6.07, 6.45) is 5.84. The van der Waals surface area contributed by atoms with Gasteiger partial charge in [0.05, 0.1) is 4.92 Å². The Kier molecular flexibility index (Phi) is 3.89. The van der Waals surface area contributed by atoms with E-state index in [2.05, 4.69) is 11.6 Å². The van der Waals surface area contributed by atoms with Gasteiger partial charge >= 0.3 is 0 Å². The summed E-state index contributed by atoms with van der Waals surface area (Å²) >= 11 is 1.90. The predicted molar refractivity (Wildman–Crippen MR) is 71.7 cm³/mol. The van der Waals surface area contributed by atoms with E-state index in [1.54, 1.807) is 24.3 Å². The van der Waals surface area contributed by atoms with Gasteiger partial charge in [-0.15, -0.1) is 0 Å². The SMILES string of the molecule is CSC1CCCC1Nc1ccc([N+](=O)[O-])cc1. The molecule has 17 heavy (non-hydrogen) atoms. The average molecular weight is 252 g/mol. The number of nitro groups is 1. The Morgan fingerprint density at radius 2 is 2.06 bits per heavy atom. The summed E-state index contributed by atoms with van der Waals surface area (Å²) in [4.78, 5) is 10.2. The highest BCUT2D eigenvalue weighted by Crippen LogP contribution is 2.31. The van der Waals surface area contributed by atoms with Crippen molar-refractivity contribution in [2.24, 2.45) is 0 Å². The number of non-ortho nitro benzene ring substituents is 1. The lowest BCUT2D eigenvalue weighted by Crippen LogP contribution is -2.25. The fourth-order valence-corrected chi connectivity index (χ4v) is 3.20. The van der Waals surface area contributed by atoms with Crippen LogP contribution in [0.5, 0.6) is 0 Å². The summed E-state index contributed by atoms with van der Waals surface area (Å²) in [5.74, 6) is 0. The Morgan fingerprint density at radius 3 is 2.65 bits per heavy atom. The van der Waals surface area contributed by atoms with Crippen LogP contribution in [0.4, 0.5) is 11.4 Å². The van der Waals surface area contributed by atoms with E-state index in [0.717, 1.165) is 5.69 Å². The third-order valence-electron chi connectivity index (χ3n) is 3.19. The van der Waals surface area contributed by atoms with Gasteiger partial charge in [0.15, 0.2) is 0 Å². The van der Waals surface area contributed by atoms with Crippen molar-refractivity contribution in [2.45, 2.75) is 30.6 Å². The van der Waals surface area contributed by atoms with Gasteiger partial charge in [0.2, 0.25) is 0 Å². The second-order valence-electron chi connectivity index (χ2n) is 4.26. The van der Waals surface area contributed by atoms with Crippen LogP contribution >= 0.6 is 11.8 Å². The summed E-state index contributed by atoms with van der Waals surface area (Å²) in [6.45, 7) is 0. The van der Waals surface area contributed by atoms with E-state index in [1.807, 2.05) is 11.8 Å². The van der Waals surface area contributed by atoms with Crippen LogP contribution in [0.3, 0.4) is 0 Å². The molecule has 0 bridgehead atoms. The van der Waals surface area contributed by atoms with Crippen molar-refractivity contribution in [1.29, 1.82) is 0 Å². The van der Waals surface area contributed by atoms with Crippen LogP contribution in [0.15, 0.2) is 24.3 Å². The van der Waals surface area contributed by atoms with Crippen LogP contribution in [0, 0.1) is 10.1 Å². The maximum absolute atomic E-state index is 10.5. The molecule has 0 aliphatic heterocycles. The first-order valence-corrected chi connectivity index (χ1v) is 7.03. The normalized spacial score (nSPS) is 23.6. The lowest BCUT2D eigenvalue weighted by atomic mass is 10.2. The van der Waals surface area contributed by atoms with Crippen LogP contribution in [-0.2, 0) is 0 Å². The van der Waals surface area contributed by atoms with Gasteiger partial charge in [-0.25, -0.2) is 0 Å². The van der Waals surface area contributed by atoms with Gasteiger partial charge in [-0.1, -0.05) is 6.42 Å². The molecule has 0 spiro atoms. The van der Waals surface area contributed by atoms with E-state index in [1.165, 1.54) is 19.3 Å². The second-order valence-corrected chi connectivity index (χ2v) is 5.34. The van der Waals surface area contributed by atoms with Gasteiger partial charge < -0.3 is 5.32 Å². The fraction of sp³-hybridized carbons (Fsp3) is 0.500. The van der Waals surface area contributed by atoms with E-state index in [9.17, 15) is 10.1 Å². The van der Waals surface area contributed by atoms with Gasteiger partial charge in [0, 0.05) is 29.1 Å². The van der Waals surface area contributed by atoms with E-state index < -0.39 is 0 Å². The van der Waals surface area contributed by atoms with Crippen molar-refractivity contribution in [1.82, 2.24) is 0 Å². The van der Waals surface area contributed by atoms with Crippen molar-refractivity contribution < 1.29 is 4.92 Å². The van der Waals surface area contributed by atoms with E-state index in [0.29, 0.717) is 11.3 Å². The molecule has 0 aromatic heterocycles. The van der Waals surface area contributed by atoms with Crippen molar-refractivity contribution >= 4 is 23.1 Å². The molecule has 0 amide bonds. The van der Waals surface area contributed by atoms with Crippen molar-refractivity contribution in [3.8, 4) is 0 Å². The number of rotatable bonds is 4. The number of anilines is 1. The summed E-state index contributed by atoms with van der Waals surface area (Å²) in [6, 6.07) is 7.16. The maximum Gasteiger partial charge on any atom is 0.269 e. The minimum Gasteiger partial charge on any atom is -0.381 e. The van der Waals surface area contributed by atoms with Crippen molar-refractivity contribution in [2.75, 3.05) is 11.6 Å². The van der Waals surface area contributed by atoms with Crippen LogP contribution in [0.1, 0.15) is 19.3 Å². The summed E-state index contributed by atoms with van der Waals surface area (Å²) in [7, 11) is 0. The first-order chi connectivity index (χ1) is 8.20. The Labute approximate surface area is 105 Å². The van der Waals surface area contributed by atoms with E-state index >= 15 is 0 Å². The predicted octanol–water partition coefficient (Wildman–Crippen LogP) is 3.29. The van der Waals surface area contributed by atoms with Crippen LogP contribution in [0.2, 0.25) is 0 Å². The maximum atomic E-state index is 10.5. The molecule has 0 radical (unpaired) electrons. The topological polar surface area (TPSA) is 55.2 Å². The zero-order valence-corrected chi connectivity index (χ0v) is 10.6. The molecule has 1 aromatic carbocycles. The molecule has 92 valence electrons. The molecule has 1 aliphatic carbocycles. The number of nitro benzene ring substituents is 1. The zero-order chi connectivity index (χ0) is 12.3. The third kappa shape index (κ3) is 2.91. The monoisotopic (exact) mass is 252 g/mol. The van der Waals surface area contributed by atoms with Gasteiger partial charge in [0.25, 0.3) is 5.69 Å². The molecule has 1 aliphatic rings. The highest BCUT2D eigenvalue weighted by molar-refractivity contribution is 7.99. The Hall–Kier alpha value is -1.23. The molecule has 0 heterocycles. The van der Waals surface area contributed by atoms with Crippen LogP contribution in [-0.4, -0.2) is 22.5 Å². The molecular formula is C12H16N2O2S. The summed E-state index contributed by atoms with van der Waals surface area (Å²) in [5, 5.41) is 14.7. The Balaban J connectivity index is 2.01. The second kappa shape index (κ2) is 5.40. The quantitative estimate of drug-likeness (QED) is 0.660. The van der Waals surface area contributed by atoms with Crippen molar-refractivity contribution in [3.05, 3.63) is 34.4 Å². The Bertz CT molecular complexity index is 394. The number of nitrogens with one attached hydrogen (secondary N) is 1. The first-order valence-electron chi connectivity index (χ1n) is 5.74. The fourth-order valence-electron chi connectivity index (χ4n) is 2.27. The molecule has 1 N–H and O–H groups in total. The number of hydrogen-bond donors (Lipinski definition) is 1. The first kappa shape index (κ1) is 12.2. The molecule has 5 heteroatoms. The molecular weight excluding hydrogens is 236 g/mol.